The average Bonchev–Trinajstić information content (AvgIpc) is 3.32. The molecular weight excluding hydrogens is 519 g/mol. The lowest BCUT2D eigenvalue weighted by Crippen LogP contribution is -2.38. The Hall–Kier alpha value is -4.39. The first-order valence-corrected chi connectivity index (χ1v) is 11.9. The molecule has 2 aliphatic heterocycles. The SMILES string of the molecule is COc1cc(C2=C(OC(=O)O)N(c3ccccc3C(F)(F)F)S(=O)(=O)c3ccccc32)cc2c1OCO2. The van der Waals surface area contributed by atoms with Gasteiger partial charge >= 0.3 is 12.3 Å². The number of sulfonamides is 1. The van der Waals surface area contributed by atoms with Gasteiger partial charge in [-0.2, -0.15) is 13.2 Å². The molecule has 5 rings (SSSR count). The molecule has 3 aromatic rings. The molecule has 13 heteroatoms. The predicted octanol–water partition coefficient (Wildman–Crippen LogP) is 5.06. The minimum atomic E-state index is -4.97. The summed E-state index contributed by atoms with van der Waals surface area (Å²) < 4.78 is 90.7. The van der Waals surface area contributed by atoms with Gasteiger partial charge in [0, 0.05) is 5.56 Å². The van der Waals surface area contributed by atoms with Crippen molar-refractivity contribution in [3.05, 3.63) is 83.2 Å². The van der Waals surface area contributed by atoms with Crippen molar-refractivity contribution in [3.8, 4) is 17.2 Å². The molecule has 0 spiro atoms. The second-order valence-corrected chi connectivity index (χ2v) is 9.50. The Morgan fingerprint density at radius 2 is 1.76 bits per heavy atom. The highest BCUT2D eigenvalue weighted by atomic mass is 32.2. The van der Waals surface area contributed by atoms with Crippen molar-refractivity contribution in [1.29, 1.82) is 0 Å². The highest BCUT2D eigenvalue weighted by Gasteiger charge is 2.45. The molecule has 0 aromatic heterocycles. The summed E-state index contributed by atoms with van der Waals surface area (Å²) in [4.78, 5) is 11.4. The highest BCUT2D eigenvalue weighted by molar-refractivity contribution is 7.93. The molecule has 0 amide bonds. The van der Waals surface area contributed by atoms with Crippen molar-refractivity contribution in [2.45, 2.75) is 11.1 Å². The first kappa shape index (κ1) is 24.3. The Morgan fingerprint density at radius 1 is 1.05 bits per heavy atom. The number of halogens is 3. The van der Waals surface area contributed by atoms with E-state index in [9.17, 15) is 31.5 Å². The van der Waals surface area contributed by atoms with E-state index in [2.05, 4.69) is 0 Å². The van der Waals surface area contributed by atoms with Gasteiger partial charge in [-0.1, -0.05) is 30.3 Å². The number of carbonyl (C=O) groups is 1. The zero-order chi connectivity index (χ0) is 26.5. The van der Waals surface area contributed by atoms with E-state index in [-0.39, 0.29) is 49.9 Å². The number of carboxylic acid groups (broad SMARTS) is 1. The fourth-order valence-corrected chi connectivity index (χ4v) is 5.84. The Balaban J connectivity index is 1.91. The van der Waals surface area contributed by atoms with E-state index in [1.54, 1.807) is 0 Å². The van der Waals surface area contributed by atoms with Gasteiger partial charge in [0.05, 0.1) is 28.8 Å². The topological polar surface area (TPSA) is 112 Å². The molecule has 0 fully saturated rings. The number of ether oxygens (including phenoxy) is 4. The van der Waals surface area contributed by atoms with Gasteiger partial charge in [-0.05, 0) is 35.9 Å². The van der Waals surface area contributed by atoms with Gasteiger partial charge in [-0.3, -0.25) is 0 Å². The fourth-order valence-electron chi connectivity index (χ4n) is 4.18. The molecule has 192 valence electrons. The van der Waals surface area contributed by atoms with Gasteiger partial charge < -0.3 is 24.1 Å². The molecule has 2 aliphatic rings. The van der Waals surface area contributed by atoms with Crippen molar-refractivity contribution in [2.75, 3.05) is 18.2 Å². The van der Waals surface area contributed by atoms with Gasteiger partial charge in [0.15, 0.2) is 11.5 Å². The standard InChI is InChI=1S/C24H16F3NO8S/c1-33-17-10-13(11-18-21(17)35-12-34-18)20-14-6-2-5-9-19(14)37(31,32)28(22(20)36-23(29)30)16-8-4-3-7-15(16)24(25,26)27/h2-11H,12H2,1H3,(H,29,30). The molecule has 37 heavy (non-hydrogen) atoms. The van der Waals surface area contributed by atoms with E-state index in [1.807, 2.05) is 0 Å². The van der Waals surface area contributed by atoms with E-state index in [0.29, 0.717) is 6.07 Å². The molecule has 0 radical (unpaired) electrons. The highest BCUT2D eigenvalue weighted by Crippen LogP contribution is 2.49. The molecule has 0 atom stereocenters. The van der Waals surface area contributed by atoms with E-state index < -0.39 is 39.5 Å². The van der Waals surface area contributed by atoms with Crippen molar-refractivity contribution < 1.29 is 50.4 Å². The van der Waals surface area contributed by atoms with Gasteiger partial charge in [0.2, 0.25) is 18.4 Å². The zero-order valence-electron chi connectivity index (χ0n) is 18.8. The van der Waals surface area contributed by atoms with E-state index in [4.69, 9.17) is 18.9 Å². The van der Waals surface area contributed by atoms with Crippen LogP contribution in [0.1, 0.15) is 16.7 Å². The summed E-state index contributed by atoms with van der Waals surface area (Å²) in [6.07, 6.45) is -6.91. The summed E-state index contributed by atoms with van der Waals surface area (Å²) in [5, 5.41) is 9.53. The van der Waals surface area contributed by atoms with Crippen molar-refractivity contribution >= 4 is 27.4 Å². The number of fused-ring (bicyclic) bond motifs is 2. The first-order valence-electron chi connectivity index (χ1n) is 10.5. The van der Waals surface area contributed by atoms with Crippen LogP contribution in [0, 0.1) is 0 Å². The van der Waals surface area contributed by atoms with E-state index >= 15 is 0 Å². The number of benzene rings is 3. The predicted molar refractivity (Wildman–Crippen MR) is 122 cm³/mol. The molecule has 0 saturated carbocycles. The van der Waals surface area contributed by atoms with E-state index in [1.165, 1.54) is 49.6 Å². The quantitative estimate of drug-likeness (QED) is 0.462. The number of rotatable bonds is 4. The van der Waals surface area contributed by atoms with Crippen LogP contribution in [-0.4, -0.2) is 33.6 Å². The van der Waals surface area contributed by atoms with E-state index in [0.717, 1.165) is 12.1 Å². The lowest BCUT2D eigenvalue weighted by molar-refractivity contribution is -0.137. The van der Waals surface area contributed by atoms with Gasteiger partial charge in [0.25, 0.3) is 10.0 Å². The number of anilines is 1. The van der Waals surface area contributed by atoms with Crippen LogP contribution in [0.3, 0.4) is 0 Å². The lowest BCUT2D eigenvalue weighted by atomic mass is 9.96. The van der Waals surface area contributed by atoms with Crippen LogP contribution in [0.2, 0.25) is 0 Å². The summed E-state index contributed by atoms with van der Waals surface area (Å²) in [6.45, 7) is -0.136. The first-order chi connectivity index (χ1) is 17.5. The molecule has 0 bridgehead atoms. The van der Waals surface area contributed by atoms with Crippen LogP contribution in [-0.2, 0) is 20.9 Å². The Labute approximate surface area is 207 Å². The van der Waals surface area contributed by atoms with Crippen LogP contribution in [0.15, 0.2) is 71.4 Å². The number of alkyl halides is 3. The van der Waals surface area contributed by atoms with Crippen molar-refractivity contribution in [3.63, 3.8) is 0 Å². The van der Waals surface area contributed by atoms with Crippen molar-refractivity contribution in [2.24, 2.45) is 0 Å². The molecule has 0 unspecified atom stereocenters. The van der Waals surface area contributed by atoms with Crippen LogP contribution in [0.4, 0.5) is 23.7 Å². The number of hydrogen-bond acceptors (Lipinski definition) is 7. The third-order valence-corrected chi connectivity index (χ3v) is 7.39. The number of hydrogen-bond donors (Lipinski definition) is 1. The minimum Gasteiger partial charge on any atom is -0.493 e. The Morgan fingerprint density at radius 3 is 2.46 bits per heavy atom. The molecule has 9 nitrogen and oxygen atoms in total. The number of nitrogens with zero attached hydrogens (tertiary/aromatic N) is 1. The normalized spacial score (nSPS) is 15.8. The monoisotopic (exact) mass is 535 g/mol. The molecular formula is C24H16F3NO8S. The third-order valence-electron chi connectivity index (χ3n) is 5.63. The summed E-state index contributed by atoms with van der Waals surface area (Å²) in [5.41, 5.74) is -2.13. The average molecular weight is 535 g/mol. The largest absolute Gasteiger partial charge is 0.512 e. The van der Waals surface area contributed by atoms with Crippen LogP contribution < -0.4 is 18.5 Å². The molecule has 2 heterocycles. The Bertz CT molecular complexity index is 1570. The number of methoxy groups -OCH3 is 1. The summed E-state index contributed by atoms with van der Waals surface area (Å²) in [6, 6.07) is 12.2. The maximum Gasteiger partial charge on any atom is 0.512 e. The van der Waals surface area contributed by atoms with Gasteiger partial charge in [0.1, 0.15) is 0 Å². The Kier molecular flexibility index (Phi) is 5.67. The summed E-state index contributed by atoms with van der Waals surface area (Å²) in [7, 11) is -3.44. The van der Waals surface area contributed by atoms with Crippen LogP contribution >= 0.6 is 0 Å². The molecule has 3 aromatic carbocycles. The number of para-hydroxylation sites is 1. The van der Waals surface area contributed by atoms with Gasteiger partial charge in [-0.25, -0.2) is 17.5 Å². The van der Waals surface area contributed by atoms with Crippen LogP contribution in [0.5, 0.6) is 17.2 Å². The molecule has 0 aliphatic carbocycles. The minimum absolute atomic E-state index is 0.000378. The summed E-state index contributed by atoms with van der Waals surface area (Å²) >= 11 is 0. The maximum absolute atomic E-state index is 14.0. The smallest absolute Gasteiger partial charge is 0.493 e. The van der Waals surface area contributed by atoms with Crippen molar-refractivity contribution in [1.82, 2.24) is 0 Å². The second kappa shape index (κ2) is 8.62. The third kappa shape index (κ3) is 3.96. The summed E-state index contributed by atoms with van der Waals surface area (Å²) in [5.74, 6) is -0.252. The molecule has 1 N–H and O–H groups in total. The van der Waals surface area contributed by atoms with Gasteiger partial charge in [-0.15, -0.1) is 0 Å². The fraction of sp³-hybridized carbons (Fsp3) is 0.125. The lowest BCUT2D eigenvalue weighted by Gasteiger charge is -2.34. The maximum atomic E-state index is 14.0. The zero-order valence-corrected chi connectivity index (χ0v) is 19.6. The molecule has 0 saturated heterocycles. The second-order valence-electron chi connectivity index (χ2n) is 7.74. The van der Waals surface area contributed by atoms with Crippen LogP contribution in [0.25, 0.3) is 5.57 Å².